The summed E-state index contributed by atoms with van der Waals surface area (Å²) in [7, 11) is -1.90. The molecule has 0 aliphatic carbocycles. The van der Waals surface area contributed by atoms with E-state index in [0.29, 0.717) is 29.8 Å². The molecule has 0 radical (unpaired) electrons. The third kappa shape index (κ3) is 4.37. The molecule has 0 unspecified atom stereocenters. The van der Waals surface area contributed by atoms with Gasteiger partial charge in [0.15, 0.2) is 10.8 Å². The molecule has 11 heteroatoms. The van der Waals surface area contributed by atoms with Crippen molar-refractivity contribution in [2.45, 2.75) is 32.7 Å². The van der Waals surface area contributed by atoms with Crippen LogP contribution in [0.15, 0.2) is 23.4 Å². The Labute approximate surface area is 164 Å². The summed E-state index contributed by atoms with van der Waals surface area (Å²) >= 11 is 0. The second-order valence-corrected chi connectivity index (χ2v) is 8.27. The predicted octanol–water partition coefficient (Wildman–Crippen LogP) is 1.02. The molecule has 0 amide bonds. The van der Waals surface area contributed by atoms with Gasteiger partial charge in [-0.3, -0.25) is 0 Å². The molecule has 0 aromatic carbocycles. The lowest BCUT2D eigenvalue weighted by Crippen LogP contribution is -2.29. The van der Waals surface area contributed by atoms with Crippen LogP contribution in [0.25, 0.3) is 5.82 Å². The van der Waals surface area contributed by atoms with E-state index < -0.39 is 10.0 Å². The van der Waals surface area contributed by atoms with Gasteiger partial charge in [0.25, 0.3) is 10.0 Å². The molecule has 0 saturated heterocycles. The number of hydrogen-bond donors (Lipinski definition) is 2. The maximum absolute atomic E-state index is 12.3. The first-order valence-electron chi connectivity index (χ1n) is 8.78. The Hall–Kier alpha value is -2.79. The first-order chi connectivity index (χ1) is 13.2. The van der Waals surface area contributed by atoms with E-state index in [1.54, 1.807) is 36.2 Å². The Morgan fingerprint density at radius 2 is 1.79 bits per heavy atom. The molecule has 150 valence electrons. The van der Waals surface area contributed by atoms with Gasteiger partial charge in [-0.05, 0) is 33.8 Å². The van der Waals surface area contributed by atoms with Crippen LogP contribution in [0.2, 0.25) is 0 Å². The van der Waals surface area contributed by atoms with E-state index in [0.717, 1.165) is 11.4 Å². The maximum atomic E-state index is 12.3. The molecule has 0 saturated carbocycles. The standard InChI is InChI=1S/C17H24N8O2S/c1-11-8-12(2)25(23-11)16-9-15(20-13(3)21-16)18-6-7-19-28(26,27)17-10-24(5)14(4)22-17/h8-10,19H,6-7H2,1-5H3,(H,18,20,21). The Kier molecular flexibility index (Phi) is 5.47. The quantitative estimate of drug-likeness (QED) is 0.564. The second-order valence-electron chi connectivity index (χ2n) is 6.56. The average Bonchev–Trinajstić information content (AvgIpc) is 3.13. The minimum Gasteiger partial charge on any atom is -0.369 e. The number of sulfonamides is 1. The van der Waals surface area contributed by atoms with Crippen LogP contribution >= 0.6 is 0 Å². The van der Waals surface area contributed by atoms with Gasteiger partial charge in [-0.15, -0.1) is 0 Å². The molecular formula is C17H24N8O2S. The summed E-state index contributed by atoms with van der Waals surface area (Å²) in [4.78, 5) is 12.8. The number of nitrogens with zero attached hydrogens (tertiary/aromatic N) is 6. The van der Waals surface area contributed by atoms with Crippen molar-refractivity contribution >= 4 is 15.8 Å². The first-order valence-corrected chi connectivity index (χ1v) is 10.3. The fourth-order valence-corrected chi connectivity index (χ4v) is 3.79. The molecule has 2 N–H and O–H groups in total. The van der Waals surface area contributed by atoms with Crippen molar-refractivity contribution in [2.24, 2.45) is 7.05 Å². The highest BCUT2D eigenvalue weighted by molar-refractivity contribution is 7.89. The third-order valence-electron chi connectivity index (χ3n) is 4.14. The minimum absolute atomic E-state index is 0.0113. The van der Waals surface area contributed by atoms with E-state index in [2.05, 4.69) is 30.1 Å². The molecule has 0 bridgehead atoms. The fourth-order valence-electron chi connectivity index (χ4n) is 2.72. The van der Waals surface area contributed by atoms with Crippen LogP contribution in [0.1, 0.15) is 23.0 Å². The molecule has 0 fully saturated rings. The Morgan fingerprint density at radius 1 is 1.04 bits per heavy atom. The van der Waals surface area contributed by atoms with Gasteiger partial charge in [-0.2, -0.15) is 5.10 Å². The maximum Gasteiger partial charge on any atom is 0.259 e. The number of anilines is 1. The molecule has 0 atom stereocenters. The first kappa shape index (κ1) is 20.0. The monoisotopic (exact) mass is 404 g/mol. The molecule has 3 aromatic heterocycles. The highest BCUT2D eigenvalue weighted by Gasteiger charge is 2.17. The van der Waals surface area contributed by atoms with Crippen molar-refractivity contribution in [3.05, 3.63) is 41.4 Å². The minimum atomic E-state index is -3.65. The smallest absolute Gasteiger partial charge is 0.259 e. The number of rotatable bonds is 7. The Bertz CT molecular complexity index is 1080. The van der Waals surface area contributed by atoms with Gasteiger partial charge in [0.2, 0.25) is 0 Å². The molecule has 28 heavy (non-hydrogen) atoms. The van der Waals surface area contributed by atoms with Gasteiger partial charge in [0.05, 0.1) is 5.69 Å². The summed E-state index contributed by atoms with van der Waals surface area (Å²) in [5.41, 5.74) is 1.88. The predicted molar refractivity (Wildman–Crippen MR) is 105 cm³/mol. The zero-order valence-electron chi connectivity index (χ0n) is 16.6. The van der Waals surface area contributed by atoms with Crippen LogP contribution < -0.4 is 10.0 Å². The zero-order chi connectivity index (χ0) is 20.5. The van der Waals surface area contributed by atoms with Crippen LogP contribution in [-0.2, 0) is 17.1 Å². The SMILES string of the molecule is Cc1cc(C)n(-c2cc(NCCNS(=O)(=O)c3cn(C)c(C)n3)nc(C)n2)n1. The molecule has 0 aliphatic heterocycles. The van der Waals surface area contributed by atoms with Gasteiger partial charge in [0.1, 0.15) is 17.5 Å². The number of imidazole rings is 1. The van der Waals surface area contributed by atoms with Crippen molar-refractivity contribution in [1.29, 1.82) is 0 Å². The molecule has 0 spiro atoms. The lowest BCUT2D eigenvalue weighted by Gasteiger charge is -2.10. The number of nitrogens with one attached hydrogen (secondary N) is 2. The van der Waals surface area contributed by atoms with Crippen LogP contribution in [0.5, 0.6) is 0 Å². The van der Waals surface area contributed by atoms with Crippen molar-refractivity contribution < 1.29 is 8.42 Å². The van der Waals surface area contributed by atoms with Crippen molar-refractivity contribution in [3.63, 3.8) is 0 Å². The van der Waals surface area contributed by atoms with Crippen molar-refractivity contribution in [3.8, 4) is 5.82 Å². The van der Waals surface area contributed by atoms with Crippen LogP contribution in [-0.4, -0.2) is 50.8 Å². The van der Waals surface area contributed by atoms with Crippen LogP contribution in [0.3, 0.4) is 0 Å². The zero-order valence-corrected chi connectivity index (χ0v) is 17.4. The normalized spacial score (nSPS) is 11.8. The van der Waals surface area contributed by atoms with Crippen molar-refractivity contribution in [2.75, 3.05) is 18.4 Å². The summed E-state index contributed by atoms with van der Waals surface area (Å²) in [5.74, 6) is 2.48. The summed E-state index contributed by atoms with van der Waals surface area (Å²) in [6, 6.07) is 3.75. The van der Waals surface area contributed by atoms with Crippen LogP contribution in [0, 0.1) is 27.7 Å². The Morgan fingerprint density at radius 3 is 2.39 bits per heavy atom. The number of aromatic nitrogens is 6. The van der Waals surface area contributed by atoms with Gasteiger partial charge >= 0.3 is 0 Å². The van der Waals surface area contributed by atoms with Gasteiger partial charge in [-0.1, -0.05) is 0 Å². The van der Waals surface area contributed by atoms with E-state index in [4.69, 9.17) is 0 Å². The molecule has 3 heterocycles. The number of hydrogen-bond acceptors (Lipinski definition) is 7. The summed E-state index contributed by atoms with van der Waals surface area (Å²) in [6.45, 7) is 7.98. The highest BCUT2D eigenvalue weighted by atomic mass is 32.2. The topological polar surface area (TPSA) is 120 Å². The van der Waals surface area contributed by atoms with E-state index in [1.165, 1.54) is 6.20 Å². The molecule has 0 aliphatic rings. The van der Waals surface area contributed by atoms with E-state index in [9.17, 15) is 8.42 Å². The fraction of sp³-hybridized carbons (Fsp3) is 0.412. The molecule has 3 rings (SSSR count). The highest BCUT2D eigenvalue weighted by Crippen LogP contribution is 2.14. The van der Waals surface area contributed by atoms with Gasteiger partial charge in [-0.25, -0.2) is 32.8 Å². The van der Waals surface area contributed by atoms with Crippen LogP contribution in [0.4, 0.5) is 5.82 Å². The third-order valence-corrected chi connectivity index (χ3v) is 5.47. The second kappa shape index (κ2) is 7.68. The van der Waals surface area contributed by atoms with E-state index in [1.807, 2.05) is 19.9 Å². The lowest BCUT2D eigenvalue weighted by molar-refractivity contribution is 0.579. The van der Waals surface area contributed by atoms with Gasteiger partial charge in [0, 0.05) is 38.1 Å². The summed E-state index contributed by atoms with van der Waals surface area (Å²) in [5, 5.41) is 7.56. The summed E-state index contributed by atoms with van der Waals surface area (Å²) in [6.07, 6.45) is 1.49. The summed E-state index contributed by atoms with van der Waals surface area (Å²) < 4.78 is 30.5. The molecule has 10 nitrogen and oxygen atoms in total. The Balaban J connectivity index is 1.64. The van der Waals surface area contributed by atoms with Crippen molar-refractivity contribution in [1.82, 2.24) is 34.0 Å². The molecule has 3 aromatic rings. The van der Waals surface area contributed by atoms with E-state index >= 15 is 0 Å². The lowest BCUT2D eigenvalue weighted by atomic mass is 10.4. The molecular weight excluding hydrogens is 380 g/mol. The van der Waals surface area contributed by atoms with Gasteiger partial charge < -0.3 is 9.88 Å². The number of aryl methyl sites for hydroxylation is 5. The average molecular weight is 405 g/mol. The largest absolute Gasteiger partial charge is 0.369 e. The van der Waals surface area contributed by atoms with E-state index in [-0.39, 0.29) is 11.6 Å².